The first-order chi connectivity index (χ1) is 16.1. The maximum atomic E-state index is 6.44. The molecule has 0 fully saturated rings. The molecule has 2 rings (SSSR count). The Labute approximate surface area is 212 Å². The molecule has 3 N–H and O–H groups in total. The lowest BCUT2D eigenvalue weighted by Gasteiger charge is -2.25. The Balaban J connectivity index is 0.000000489. The number of hydrogen-bond acceptors (Lipinski definition) is 4. The second kappa shape index (κ2) is 15.0. The van der Waals surface area contributed by atoms with Crippen LogP contribution in [0.25, 0.3) is 11.0 Å². The highest BCUT2D eigenvalue weighted by Gasteiger charge is 2.17. The molecule has 1 aromatic heterocycles. The lowest BCUT2D eigenvalue weighted by atomic mass is 9.87. The van der Waals surface area contributed by atoms with Gasteiger partial charge >= 0.3 is 0 Å². The van der Waals surface area contributed by atoms with Crippen molar-refractivity contribution in [3.05, 3.63) is 70.2 Å². The fraction of sp³-hybridized carbons (Fsp3) is 0.517. The van der Waals surface area contributed by atoms with Crippen LogP contribution in [0.15, 0.2) is 64.6 Å². The zero-order valence-corrected chi connectivity index (χ0v) is 23.3. The maximum Gasteiger partial charge on any atom is 0.0890 e. The molecule has 34 heavy (non-hydrogen) atoms. The molecule has 1 aromatic carbocycles. The zero-order valence-electron chi connectivity index (χ0n) is 22.5. The number of rotatable bonds is 10. The first kappa shape index (κ1) is 29.9. The molecule has 2 atom stereocenters. The predicted molar refractivity (Wildman–Crippen MR) is 150 cm³/mol. The minimum Gasteiger partial charge on any atom is -0.381 e. The molecule has 1 heterocycles. The summed E-state index contributed by atoms with van der Waals surface area (Å²) in [6, 6.07) is 6.13. The molecule has 0 bridgehead atoms. The molecule has 0 aliphatic heterocycles. The third kappa shape index (κ3) is 10.4. The number of nitrogens with one attached hydrogen (secondary N) is 1. The Morgan fingerprint density at radius 3 is 2.35 bits per heavy atom. The van der Waals surface area contributed by atoms with Crippen LogP contribution in [-0.2, 0) is 6.54 Å². The summed E-state index contributed by atoms with van der Waals surface area (Å²) in [4.78, 5) is 8.65. The van der Waals surface area contributed by atoms with Gasteiger partial charge in [-0.15, -0.1) is 0 Å². The van der Waals surface area contributed by atoms with Crippen LogP contribution < -0.4 is 11.1 Å². The number of allylic oxidation sites excluding steroid dienone is 5. The normalized spacial score (nSPS) is 15.7. The van der Waals surface area contributed by atoms with E-state index < -0.39 is 0 Å². The fourth-order valence-corrected chi connectivity index (χ4v) is 3.70. The van der Waals surface area contributed by atoms with Crippen molar-refractivity contribution in [1.29, 1.82) is 0 Å². The van der Waals surface area contributed by atoms with Crippen LogP contribution in [0.4, 0.5) is 0 Å². The monoisotopic (exact) mass is 484 g/mol. The maximum absolute atomic E-state index is 6.44. The van der Waals surface area contributed by atoms with Gasteiger partial charge in [0.25, 0.3) is 0 Å². The van der Waals surface area contributed by atoms with Crippen molar-refractivity contribution in [2.45, 2.75) is 93.2 Å². The van der Waals surface area contributed by atoms with Gasteiger partial charge in [0.1, 0.15) is 0 Å². The third-order valence-electron chi connectivity index (χ3n) is 6.32. The smallest absolute Gasteiger partial charge is 0.0890 e. The Morgan fingerprint density at radius 1 is 1.15 bits per heavy atom. The van der Waals surface area contributed by atoms with Crippen LogP contribution in [0.3, 0.4) is 0 Å². The van der Waals surface area contributed by atoms with Gasteiger partial charge in [-0.25, -0.2) is 0 Å². The summed E-state index contributed by atoms with van der Waals surface area (Å²) in [5.41, 5.74) is 12.4. The van der Waals surface area contributed by atoms with Gasteiger partial charge in [-0.1, -0.05) is 63.4 Å². The summed E-state index contributed by atoms with van der Waals surface area (Å²) >= 11 is 6.44. The van der Waals surface area contributed by atoms with Gasteiger partial charge < -0.3 is 11.1 Å². The van der Waals surface area contributed by atoms with Crippen LogP contribution >= 0.6 is 11.6 Å². The molecule has 5 heteroatoms. The molecule has 188 valence electrons. The van der Waals surface area contributed by atoms with E-state index in [0.29, 0.717) is 6.54 Å². The van der Waals surface area contributed by atoms with Crippen molar-refractivity contribution in [3.63, 3.8) is 0 Å². The summed E-state index contributed by atoms with van der Waals surface area (Å²) in [6.07, 6.45) is 12.0. The van der Waals surface area contributed by atoms with Crippen molar-refractivity contribution in [2.24, 2.45) is 11.7 Å². The molecule has 0 amide bonds. The first-order valence-electron chi connectivity index (χ1n) is 12.5. The van der Waals surface area contributed by atoms with Crippen LogP contribution in [0.2, 0.25) is 0 Å². The van der Waals surface area contributed by atoms with E-state index >= 15 is 0 Å². The summed E-state index contributed by atoms with van der Waals surface area (Å²) in [7, 11) is 0. The zero-order chi connectivity index (χ0) is 25.7. The number of nitrogens with two attached hydrogens (primary N) is 1. The van der Waals surface area contributed by atoms with Crippen molar-refractivity contribution >= 4 is 22.6 Å². The van der Waals surface area contributed by atoms with Gasteiger partial charge in [0, 0.05) is 35.2 Å². The Hall–Kier alpha value is -2.17. The molecule has 1 unspecified atom stereocenters. The van der Waals surface area contributed by atoms with Gasteiger partial charge in [-0.2, -0.15) is 0 Å². The number of halogens is 1. The van der Waals surface area contributed by atoms with Crippen molar-refractivity contribution < 1.29 is 0 Å². The Kier molecular flexibility index (Phi) is 13.1. The molecule has 0 aliphatic rings. The second-order valence-electron chi connectivity index (χ2n) is 9.48. The molecule has 0 spiro atoms. The van der Waals surface area contributed by atoms with E-state index in [4.69, 9.17) is 17.3 Å². The molecule has 2 aromatic rings. The minimum absolute atomic E-state index is 0.0649. The first-order valence-corrected chi connectivity index (χ1v) is 12.9. The molecule has 0 aliphatic carbocycles. The Bertz CT molecular complexity index is 989. The van der Waals surface area contributed by atoms with Gasteiger partial charge in [-0.3, -0.25) is 9.97 Å². The van der Waals surface area contributed by atoms with Crippen molar-refractivity contribution in [2.75, 3.05) is 0 Å². The van der Waals surface area contributed by atoms with Crippen molar-refractivity contribution in [1.82, 2.24) is 15.3 Å². The Morgan fingerprint density at radius 2 is 1.79 bits per heavy atom. The average molecular weight is 485 g/mol. The summed E-state index contributed by atoms with van der Waals surface area (Å²) in [5, 5.41) is 4.24. The van der Waals surface area contributed by atoms with E-state index in [1.807, 2.05) is 32.1 Å². The lowest BCUT2D eigenvalue weighted by molar-refractivity contribution is 0.339. The number of hydrogen-bond donors (Lipinski definition) is 2. The summed E-state index contributed by atoms with van der Waals surface area (Å²) in [5.74, 6) is 0.773. The molecular weight excluding hydrogens is 440 g/mol. The van der Waals surface area contributed by atoms with E-state index in [1.54, 1.807) is 12.4 Å². The summed E-state index contributed by atoms with van der Waals surface area (Å²) < 4.78 is 0. The SMILES string of the molecule is CC[C@@H](C)CC(C)(N)CC.C\C=C(NCc1ccc2nccnc2c1)/C(C)=C(Cl)\C=C(/C)CC. The third-order valence-corrected chi connectivity index (χ3v) is 6.71. The standard InChI is InChI=1S/C20H24ClN3.C9H21N/c1-5-14(3)11-17(21)15(4)18(6-2)24-13-16-7-8-19-20(12-16)23-10-9-22-19;1-5-8(3)7-9(4,10)6-2/h6-12,24H,5,13H2,1-4H3;8H,5-7,10H2,1-4H3/b14-11+,17-15+,18-6+;/t;8-,9?/m.1/s1. The van der Waals surface area contributed by atoms with Gasteiger partial charge in [0.05, 0.1) is 11.0 Å². The highest BCUT2D eigenvalue weighted by molar-refractivity contribution is 6.31. The van der Waals surface area contributed by atoms with E-state index in [2.05, 4.69) is 69.0 Å². The molecule has 0 saturated carbocycles. The second-order valence-corrected chi connectivity index (χ2v) is 9.88. The largest absolute Gasteiger partial charge is 0.381 e. The average Bonchev–Trinajstić information content (AvgIpc) is 2.84. The molecule has 4 nitrogen and oxygen atoms in total. The molecular formula is C29H45ClN4. The highest BCUT2D eigenvalue weighted by atomic mass is 35.5. The van der Waals surface area contributed by atoms with Gasteiger partial charge in [0.15, 0.2) is 0 Å². The van der Waals surface area contributed by atoms with Gasteiger partial charge in [-0.05, 0) is 82.2 Å². The highest BCUT2D eigenvalue weighted by Crippen LogP contribution is 2.21. The predicted octanol–water partition coefficient (Wildman–Crippen LogP) is 8.04. The van der Waals surface area contributed by atoms with Crippen LogP contribution in [-0.4, -0.2) is 15.5 Å². The summed E-state index contributed by atoms with van der Waals surface area (Å²) in [6.45, 7) is 17.8. The molecule has 0 saturated heterocycles. The van der Waals surface area contributed by atoms with Crippen LogP contribution in [0.1, 0.15) is 86.6 Å². The van der Waals surface area contributed by atoms with Crippen molar-refractivity contribution in [3.8, 4) is 0 Å². The van der Waals surface area contributed by atoms with Crippen LogP contribution in [0.5, 0.6) is 0 Å². The number of benzene rings is 1. The lowest BCUT2D eigenvalue weighted by Crippen LogP contribution is -2.36. The molecule has 0 radical (unpaired) electrons. The number of fused-ring (bicyclic) bond motifs is 1. The number of nitrogens with zero attached hydrogens (tertiary/aromatic N) is 2. The topological polar surface area (TPSA) is 63.8 Å². The fourth-order valence-electron chi connectivity index (χ4n) is 3.41. The van der Waals surface area contributed by atoms with E-state index in [9.17, 15) is 0 Å². The minimum atomic E-state index is 0.0649. The quantitative estimate of drug-likeness (QED) is 0.335. The van der Waals surface area contributed by atoms with E-state index in [-0.39, 0.29) is 5.54 Å². The van der Waals surface area contributed by atoms with E-state index in [1.165, 1.54) is 12.0 Å². The van der Waals surface area contributed by atoms with E-state index in [0.717, 1.165) is 58.1 Å². The van der Waals surface area contributed by atoms with Gasteiger partial charge in [0.2, 0.25) is 0 Å². The number of aromatic nitrogens is 2. The van der Waals surface area contributed by atoms with Crippen LogP contribution in [0, 0.1) is 5.92 Å².